The summed E-state index contributed by atoms with van der Waals surface area (Å²) < 4.78 is 0. The van der Waals surface area contributed by atoms with E-state index in [1.165, 1.54) is 11.3 Å². The topological polar surface area (TPSA) is 73.5 Å². The molecule has 2 aliphatic rings. The average Bonchev–Trinajstić information content (AvgIpc) is 3.16. The van der Waals surface area contributed by atoms with Crippen molar-refractivity contribution in [1.29, 1.82) is 0 Å². The highest BCUT2D eigenvalue weighted by Gasteiger charge is 2.56. The number of rotatable bonds is 4. The van der Waals surface area contributed by atoms with Crippen molar-refractivity contribution in [3.05, 3.63) is 24.0 Å². The Morgan fingerprint density at radius 2 is 2.00 bits per heavy atom. The lowest BCUT2D eigenvalue weighted by molar-refractivity contribution is -0.135. The summed E-state index contributed by atoms with van der Waals surface area (Å²) in [5.74, 6) is -0.321. The van der Waals surface area contributed by atoms with Crippen molar-refractivity contribution >= 4 is 17.7 Å². The van der Waals surface area contributed by atoms with Gasteiger partial charge in [0.15, 0.2) is 5.78 Å². The fourth-order valence-electron chi connectivity index (χ4n) is 3.87. The highest BCUT2D eigenvalue weighted by molar-refractivity contribution is 6.10. The summed E-state index contributed by atoms with van der Waals surface area (Å²) >= 11 is 0. The van der Waals surface area contributed by atoms with Gasteiger partial charge in [-0.1, -0.05) is 19.3 Å². The van der Waals surface area contributed by atoms with Crippen LogP contribution in [-0.4, -0.2) is 51.6 Å². The Morgan fingerprint density at radius 1 is 1.30 bits per heavy atom. The summed E-state index contributed by atoms with van der Waals surface area (Å²) in [6.45, 7) is 1.65. The molecule has 6 nitrogen and oxygen atoms in total. The molecule has 2 heterocycles. The lowest BCUT2D eigenvalue weighted by atomic mass is 9.75. The zero-order valence-corrected chi connectivity index (χ0v) is 13.7. The molecule has 0 aromatic carbocycles. The van der Waals surface area contributed by atoms with Gasteiger partial charge in [-0.3, -0.25) is 14.5 Å². The van der Waals surface area contributed by atoms with Crippen molar-refractivity contribution in [2.45, 2.75) is 44.6 Å². The summed E-state index contributed by atoms with van der Waals surface area (Å²) in [5.41, 5.74) is -0.410. The average molecular weight is 317 g/mol. The second-order valence-corrected chi connectivity index (χ2v) is 6.72. The van der Waals surface area contributed by atoms with Crippen LogP contribution in [0.1, 0.15) is 49.5 Å². The minimum Gasteiger partial charge on any atom is -0.359 e. The molecule has 0 radical (unpaired) electrons. The monoisotopic (exact) mass is 317 g/mol. The Hall–Kier alpha value is -2.11. The SMILES string of the molecule is CN1C(=O)N(CC(=O)c2ccc[nH]2)C(=O)[C@@]1(C)C1CCCCC1. The molecule has 124 valence electrons. The molecule has 6 heteroatoms. The number of H-pyrrole nitrogens is 1. The highest BCUT2D eigenvalue weighted by Crippen LogP contribution is 2.40. The van der Waals surface area contributed by atoms with Crippen molar-refractivity contribution in [1.82, 2.24) is 14.8 Å². The maximum absolute atomic E-state index is 13.0. The van der Waals surface area contributed by atoms with E-state index in [-0.39, 0.29) is 30.2 Å². The summed E-state index contributed by atoms with van der Waals surface area (Å²) in [6, 6.07) is 3.00. The maximum Gasteiger partial charge on any atom is 0.327 e. The van der Waals surface area contributed by atoms with Crippen LogP contribution in [0.2, 0.25) is 0 Å². The first kappa shape index (κ1) is 15.8. The number of hydrogen-bond acceptors (Lipinski definition) is 3. The number of nitrogens with zero attached hydrogens (tertiary/aromatic N) is 2. The molecule has 3 amide bonds. The van der Waals surface area contributed by atoms with E-state index in [9.17, 15) is 14.4 Å². The number of carbonyl (C=O) groups excluding carboxylic acids is 3. The van der Waals surface area contributed by atoms with Crippen LogP contribution in [0.25, 0.3) is 0 Å². The minimum absolute atomic E-state index is 0.170. The van der Waals surface area contributed by atoms with E-state index < -0.39 is 5.54 Å². The molecule has 23 heavy (non-hydrogen) atoms. The van der Waals surface area contributed by atoms with Gasteiger partial charge in [-0.2, -0.15) is 0 Å². The summed E-state index contributed by atoms with van der Waals surface area (Å²) in [6.07, 6.45) is 6.94. The largest absolute Gasteiger partial charge is 0.359 e. The second-order valence-electron chi connectivity index (χ2n) is 6.72. The molecule has 1 saturated heterocycles. The third-order valence-corrected chi connectivity index (χ3v) is 5.49. The predicted octanol–water partition coefficient (Wildman–Crippen LogP) is 2.43. The Bertz CT molecular complexity index is 619. The number of likely N-dealkylation sites (N-methyl/N-ethyl adjacent to an activating group) is 1. The lowest BCUT2D eigenvalue weighted by Gasteiger charge is -2.38. The molecule has 1 N–H and O–H groups in total. The van der Waals surface area contributed by atoms with Gasteiger partial charge >= 0.3 is 6.03 Å². The van der Waals surface area contributed by atoms with E-state index >= 15 is 0 Å². The quantitative estimate of drug-likeness (QED) is 0.684. The number of urea groups is 1. The summed E-state index contributed by atoms with van der Waals surface area (Å²) in [7, 11) is 1.67. The van der Waals surface area contributed by atoms with Crippen LogP contribution < -0.4 is 0 Å². The first-order valence-electron chi connectivity index (χ1n) is 8.22. The fourth-order valence-corrected chi connectivity index (χ4v) is 3.87. The van der Waals surface area contributed by atoms with Crippen LogP contribution in [-0.2, 0) is 4.79 Å². The zero-order chi connectivity index (χ0) is 16.6. The molecule has 1 saturated carbocycles. The van der Waals surface area contributed by atoms with E-state index in [1.54, 1.807) is 25.4 Å². The number of hydrogen-bond donors (Lipinski definition) is 1. The highest BCUT2D eigenvalue weighted by atomic mass is 16.2. The summed E-state index contributed by atoms with van der Waals surface area (Å²) in [4.78, 5) is 43.2. The van der Waals surface area contributed by atoms with Crippen LogP contribution in [0.5, 0.6) is 0 Å². The maximum atomic E-state index is 13.0. The van der Waals surface area contributed by atoms with Gasteiger partial charge < -0.3 is 9.88 Å². The predicted molar refractivity (Wildman–Crippen MR) is 85.0 cm³/mol. The van der Waals surface area contributed by atoms with Crippen molar-refractivity contribution in [2.75, 3.05) is 13.6 Å². The van der Waals surface area contributed by atoms with Gasteiger partial charge in [-0.25, -0.2) is 4.79 Å². The van der Waals surface area contributed by atoms with Gasteiger partial charge in [0, 0.05) is 13.2 Å². The van der Waals surface area contributed by atoms with Gasteiger partial charge in [0.05, 0.1) is 12.2 Å². The Balaban J connectivity index is 1.81. The van der Waals surface area contributed by atoms with Crippen molar-refractivity contribution in [3.8, 4) is 0 Å². The molecule has 1 atom stereocenters. The van der Waals surface area contributed by atoms with E-state index in [0.29, 0.717) is 5.69 Å². The van der Waals surface area contributed by atoms with E-state index in [1.807, 2.05) is 6.92 Å². The number of amides is 3. The van der Waals surface area contributed by atoms with Gasteiger partial charge in [-0.05, 0) is 37.8 Å². The van der Waals surface area contributed by atoms with Gasteiger partial charge in [0.1, 0.15) is 5.54 Å². The molecule has 1 aliphatic carbocycles. The number of Topliss-reactive ketones (excluding diaryl/α,β-unsaturated/α-hetero) is 1. The van der Waals surface area contributed by atoms with Crippen LogP contribution in [0.3, 0.4) is 0 Å². The van der Waals surface area contributed by atoms with Gasteiger partial charge in [-0.15, -0.1) is 0 Å². The van der Waals surface area contributed by atoms with E-state index in [0.717, 1.165) is 30.6 Å². The molecule has 2 fully saturated rings. The Labute approximate surface area is 135 Å². The number of imide groups is 1. The number of aromatic amines is 1. The molecule has 0 spiro atoms. The molecule has 3 rings (SSSR count). The second kappa shape index (κ2) is 5.83. The molecule has 1 aromatic rings. The van der Waals surface area contributed by atoms with E-state index in [4.69, 9.17) is 0 Å². The first-order valence-corrected chi connectivity index (χ1v) is 8.22. The van der Waals surface area contributed by atoms with Crippen molar-refractivity contribution in [2.24, 2.45) is 5.92 Å². The molecule has 1 aromatic heterocycles. The standard InChI is InChI=1S/C17H23N3O3/c1-17(12-7-4-3-5-8-12)15(22)20(16(23)19(17)2)11-14(21)13-9-6-10-18-13/h6,9-10,12,18H,3-5,7-8,11H2,1-2H3/t17-/m1/s1. The molecule has 1 aliphatic heterocycles. The van der Waals surface area contributed by atoms with E-state index in [2.05, 4.69) is 4.98 Å². The smallest absolute Gasteiger partial charge is 0.327 e. The van der Waals surface area contributed by atoms with Crippen LogP contribution in [0.4, 0.5) is 4.79 Å². The van der Waals surface area contributed by atoms with Gasteiger partial charge in [0.25, 0.3) is 5.91 Å². The van der Waals surface area contributed by atoms with Crippen LogP contribution in [0, 0.1) is 5.92 Å². The van der Waals surface area contributed by atoms with Crippen molar-refractivity contribution < 1.29 is 14.4 Å². The Morgan fingerprint density at radius 3 is 2.61 bits per heavy atom. The van der Waals surface area contributed by atoms with Crippen LogP contribution in [0.15, 0.2) is 18.3 Å². The molecule has 0 bridgehead atoms. The number of ketones is 1. The number of nitrogens with one attached hydrogen (secondary N) is 1. The fraction of sp³-hybridized carbons (Fsp3) is 0.588. The third kappa shape index (κ3) is 2.46. The first-order chi connectivity index (χ1) is 11.0. The zero-order valence-electron chi connectivity index (χ0n) is 13.7. The third-order valence-electron chi connectivity index (χ3n) is 5.49. The molecule has 0 unspecified atom stereocenters. The van der Waals surface area contributed by atoms with Crippen LogP contribution >= 0.6 is 0 Å². The van der Waals surface area contributed by atoms with Gasteiger partial charge in [0.2, 0.25) is 0 Å². The Kier molecular flexibility index (Phi) is 4.00. The van der Waals surface area contributed by atoms with Crippen molar-refractivity contribution in [3.63, 3.8) is 0 Å². The summed E-state index contributed by atoms with van der Waals surface area (Å²) in [5, 5.41) is 0. The lowest BCUT2D eigenvalue weighted by Crippen LogP contribution is -2.52. The normalized spacial score (nSPS) is 26.2. The number of aromatic nitrogens is 1. The minimum atomic E-state index is -0.826. The molecular formula is C17H23N3O3. The molecular weight excluding hydrogens is 294 g/mol. The number of carbonyl (C=O) groups is 3.